The molecule has 0 bridgehead atoms. The molecule has 4 nitrogen and oxygen atoms in total. The summed E-state index contributed by atoms with van der Waals surface area (Å²) in [6.07, 6.45) is 1.79. The lowest BCUT2D eigenvalue weighted by atomic mass is 10.1. The first kappa shape index (κ1) is 13.9. The molecule has 3 rings (SSSR count). The van der Waals surface area contributed by atoms with Gasteiger partial charge in [0, 0.05) is 5.56 Å². The van der Waals surface area contributed by atoms with Crippen LogP contribution in [0.3, 0.4) is 0 Å². The van der Waals surface area contributed by atoms with E-state index in [4.69, 9.17) is 4.74 Å². The lowest BCUT2D eigenvalue weighted by molar-refractivity contribution is 0.339. The normalized spacial score (nSPS) is 11.4. The Bertz CT molecular complexity index is 838. The molecule has 0 aliphatic rings. The fourth-order valence-corrected chi connectivity index (χ4v) is 2.28. The molecule has 4 heteroatoms. The Morgan fingerprint density at radius 1 is 1.23 bits per heavy atom. The highest BCUT2D eigenvalue weighted by atomic mass is 16.5. The Hall–Kier alpha value is -3.06. The maximum Gasteiger partial charge on any atom is 0.149 e. The highest BCUT2D eigenvalue weighted by Gasteiger charge is 2.09. The second kappa shape index (κ2) is 6.15. The number of nitriles is 1. The molecule has 0 aliphatic carbocycles. The first-order valence-electron chi connectivity index (χ1n) is 7.10. The first-order valence-corrected chi connectivity index (χ1v) is 7.10. The third-order valence-corrected chi connectivity index (χ3v) is 3.28. The first-order chi connectivity index (χ1) is 10.8. The fraction of sp³-hybridized carbons (Fsp3) is 0.111. The number of imidazole rings is 1. The van der Waals surface area contributed by atoms with Gasteiger partial charge in [0.15, 0.2) is 0 Å². The van der Waals surface area contributed by atoms with Crippen LogP contribution in [0.5, 0.6) is 5.75 Å². The van der Waals surface area contributed by atoms with Crippen molar-refractivity contribution in [2.75, 3.05) is 6.61 Å². The fourth-order valence-electron chi connectivity index (χ4n) is 2.28. The van der Waals surface area contributed by atoms with Crippen LogP contribution in [-0.4, -0.2) is 16.6 Å². The van der Waals surface area contributed by atoms with Crippen LogP contribution < -0.4 is 4.74 Å². The van der Waals surface area contributed by atoms with Crippen LogP contribution >= 0.6 is 0 Å². The molecule has 22 heavy (non-hydrogen) atoms. The molecule has 2 aromatic carbocycles. The Labute approximate surface area is 128 Å². The van der Waals surface area contributed by atoms with Crippen molar-refractivity contribution >= 4 is 22.7 Å². The minimum absolute atomic E-state index is 0.475. The lowest BCUT2D eigenvalue weighted by Crippen LogP contribution is -1.94. The van der Waals surface area contributed by atoms with E-state index in [9.17, 15) is 5.26 Å². The average Bonchev–Trinajstić information content (AvgIpc) is 2.98. The molecule has 1 heterocycles. The number of hydrogen-bond acceptors (Lipinski definition) is 3. The number of allylic oxidation sites excluding steroid dienone is 1. The molecule has 0 unspecified atom stereocenters. The van der Waals surface area contributed by atoms with E-state index < -0.39 is 0 Å². The smallest absolute Gasteiger partial charge is 0.149 e. The Kier molecular flexibility index (Phi) is 3.88. The second-order valence-corrected chi connectivity index (χ2v) is 4.74. The van der Waals surface area contributed by atoms with Crippen molar-refractivity contribution < 1.29 is 4.74 Å². The number of ether oxygens (including phenoxy) is 1. The predicted octanol–water partition coefficient (Wildman–Crippen LogP) is 4.03. The number of benzene rings is 2. The molecule has 0 spiro atoms. The molecule has 108 valence electrons. The van der Waals surface area contributed by atoms with E-state index in [-0.39, 0.29) is 0 Å². The number of aromatic amines is 1. The molecule has 0 aliphatic heterocycles. The van der Waals surface area contributed by atoms with Crippen molar-refractivity contribution in [2.24, 2.45) is 0 Å². The van der Waals surface area contributed by atoms with E-state index in [1.165, 1.54) is 0 Å². The van der Waals surface area contributed by atoms with Crippen LogP contribution in [0.2, 0.25) is 0 Å². The van der Waals surface area contributed by atoms with E-state index in [2.05, 4.69) is 16.0 Å². The highest BCUT2D eigenvalue weighted by molar-refractivity contribution is 5.91. The van der Waals surface area contributed by atoms with Gasteiger partial charge in [-0.1, -0.05) is 30.3 Å². The average molecular weight is 289 g/mol. The van der Waals surface area contributed by atoms with Crippen molar-refractivity contribution in [2.45, 2.75) is 6.92 Å². The van der Waals surface area contributed by atoms with Gasteiger partial charge in [0.2, 0.25) is 0 Å². The molecular formula is C18H15N3O. The molecule has 0 saturated heterocycles. The molecule has 0 atom stereocenters. The second-order valence-electron chi connectivity index (χ2n) is 4.74. The zero-order chi connectivity index (χ0) is 15.4. The molecule has 0 radical (unpaired) electrons. The third kappa shape index (κ3) is 2.70. The van der Waals surface area contributed by atoms with E-state index in [0.717, 1.165) is 22.3 Å². The van der Waals surface area contributed by atoms with Crippen molar-refractivity contribution in [1.82, 2.24) is 9.97 Å². The Morgan fingerprint density at radius 3 is 2.77 bits per heavy atom. The van der Waals surface area contributed by atoms with Crippen molar-refractivity contribution in [3.05, 3.63) is 59.9 Å². The van der Waals surface area contributed by atoms with Crippen molar-refractivity contribution in [1.29, 1.82) is 5.26 Å². The van der Waals surface area contributed by atoms with Gasteiger partial charge in [-0.2, -0.15) is 5.26 Å². The van der Waals surface area contributed by atoms with Crippen molar-refractivity contribution in [3.8, 4) is 11.8 Å². The van der Waals surface area contributed by atoms with E-state index in [0.29, 0.717) is 18.0 Å². The van der Waals surface area contributed by atoms with Gasteiger partial charge in [-0.15, -0.1) is 0 Å². The number of nitrogens with one attached hydrogen (secondary N) is 1. The molecule has 1 N–H and O–H groups in total. The molecule has 1 aromatic heterocycles. The standard InChI is InChI=1S/C18H15N3O/c1-2-22-17-10-6-3-7-13(17)11-14(12-19)18-20-15-8-4-5-9-16(15)21-18/h3-11H,2H2,1H3,(H,20,21)/b14-11+. The van der Waals surface area contributed by atoms with Crippen molar-refractivity contribution in [3.63, 3.8) is 0 Å². The number of para-hydroxylation sites is 3. The third-order valence-electron chi connectivity index (χ3n) is 3.28. The SMILES string of the molecule is CCOc1ccccc1/C=C(\C#N)c1nc2ccccc2[nH]1. The van der Waals surface area contributed by atoms with Gasteiger partial charge in [-0.05, 0) is 31.2 Å². The monoisotopic (exact) mass is 289 g/mol. The summed E-state index contributed by atoms with van der Waals surface area (Å²) in [5.41, 5.74) is 3.10. The summed E-state index contributed by atoms with van der Waals surface area (Å²) < 4.78 is 5.59. The highest BCUT2D eigenvalue weighted by Crippen LogP contribution is 2.24. The molecule has 0 saturated carbocycles. The largest absolute Gasteiger partial charge is 0.493 e. The topological polar surface area (TPSA) is 61.7 Å². The van der Waals surface area contributed by atoms with Crippen LogP contribution in [0.4, 0.5) is 0 Å². The van der Waals surface area contributed by atoms with Gasteiger partial charge >= 0.3 is 0 Å². The summed E-state index contributed by atoms with van der Waals surface area (Å²) in [6, 6.07) is 17.6. The quantitative estimate of drug-likeness (QED) is 0.738. The van der Waals surface area contributed by atoms with Gasteiger partial charge in [-0.3, -0.25) is 0 Å². The van der Waals surface area contributed by atoms with Crippen LogP contribution in [0, 0.1) is 11.3 Å². The number of fused-ring (bicyclic) bond motifs is 1. The Balaban J connectivity index is 2.06. The summed E-state index contributed by atoms with van der Waals surface area (Å²) >= 11 is 0. The zero-order valence-electron chi connectivity index (χ0n) is 12.2. The van der Waals surface area contributed by atoms with Crippen LogP contribution in [0.15, 0.2) is 48.5 Å². The van der Waals surface area contributed by atoms with Crippen LogP contribution in [-0.2, 0) is 0 Å². The molecular weight excluding hydrogens is 274 g/mol. The molecule has 0 fully saturated rings. The minimum Gasteiger partial charge on any atom is -0.493 e. The Morgan fingerprint density at radius 2 is 2.00 bits per heavy atom. The number of aromatic nitrogens is 2. The van der Waals surface area contributed by atoms with Gasteiger partial charge < -0.3 is 9.72 Å². The van der Waals surface area contributed by atoms with Gasteiger partial charge in [0.25, 0.3) is 0 Å². The minimum atomic E-state index is 0.475. The van der Waals surface area contributed by atoms with E-state index in [1.807, 2.05) is 55.5 Å². The number of rotatable bonds is 4. The lowest BCUT2D eigenvalue weighted by Gasteiger charge is -2.06. The zero-order valence-corrected chi connectivity index (χ0v) is 12.2. The van der Waals surface area contributed by atoms with Crippen LogP contribution in [0.1, 0.15) is 18.3 Å². The van der Waals surface area contributed by atoms with E-state index in [1.54, 1.807) is 6.08 Å². The van der Waals surface area contributed by atoms with E-state index >= 15 is 0 Å². The van der Waals surface area contributed by atoms with Gasteiger partial charge in [-0.25, -0.2) is 4.98 Å². The molecule has 3 aromatic rings. The van der Waals surface area contributed by atoms with Gasteiger partial charge in [0.05, 0.1) is 23.2 Å². The summed E-state index contributed by atoms with van der Waals surface area (Å²) in [4.78, 5) is 7.64. The molecule has 0 amide bonds. The summed E-state index contributed by atoms with van der Waals surface area (Å²) in [5.74, 6) is 1.32. The number of nitrogens with zero attached hydrogens (tertiary/aromatic N) is 2. The maximum atomic E-state index is 9.47. The summed E-state index contributed by atoms with van der Waals surface area (Å²) in [6.45, 7) is 2.52. The predicted molar refractivity (Wildman–Crippen MR) is 87.2 cm³/mol. The maximum absolute atomic E-state index is 9.47. The van der Waals surface area contributed by atoms with Gasteiger partial charge in [0.1, 0.15) is 17.6 Å². The number of hydrogen-bond donors (Lipinski definition) is 1. The van der Waals surface area contributed by atoms with Crippen LogP contribution in [0.25, 0.3) is 22.7 Å². The summed E-state index contributed by atoms with van der Waals surface area (Å²) in [7, 11) is 0. The number of H-pyrrole nitrogens is 1. The summed E-state index contributed by atoms with van der Waals surface area (Å²) in [5, 5.41) is 9.47.